The predicted molar refractivity (Wildman–Crippen MR) is 83.4 cm³/mol. The minimum Gasteiger partial charge on any atom is -0.396 e. The molecule has 1 atom stereocenters. The number of aliphatic hydroxyl groups excluding tert-OH is 1. The summed E-state index contributed by atoms with van der Waals surface area (Å²) < 4.78 is 13.8. The van der Waals surface area contributed by atoms with Crippen LogP contribution >= 0.6 is 0 Å². The lowest BCUT2D eigenvalue weighted by Crippen LogP contribution is -2.51. The number of carbonyl (C=O) groups excluding carboxylic acids is 1. The van der Waals surface area contributed by atoms with Crippen LogP contribution in [0.5, 0.6) is 0 Å². The zero-order valence-electron chi connectivity index (χ0n) is 13.1. The molecule has 2 N–H and O–H groups in total. The summed E-state index contributed by atoms with van der Waals surface area (Å²) in [5.74, 6) is -0.666. The van der Waals surface area contributed by atoms with E-state index in [0.29, 0.717) is 17.8 Å². The topological polar surface area (TPSA) is 70.9 Å². The predicted octanol–water partition coefficient (Wildman–Crippen LogP) is 1.99. The second-order valence-corrected chi connectivity index (χ2v) is 6.71. The smallest absolute Gasteiger partial charge is 0.267 e. The first kappa shape index (κ1) is 15.9. The summed E-state index contributed by atoms with van der Waals surface area (Å²) in [6, 6.07) is 6.30. The molecular weight excluding hydrogens is 299 g/mol. The van der Waals surface area contributed by atoms with Gasteiger partial charge in [0.1, 0.15) is 5.82 Å². The van der Waals surface area contributed by atoms with E-state index in [1.54, 1.807) is 25.1 Å². The van der Waals surface area contributed by atoms with Gasteiger partial charge in [-0.05, 0) is 25.8 Å². The first-order chi connectivity index (χ1) is 11.0. The summed E-state index contributed by atoms with van der Waals surface area (Å²) in [6.07, 6.45) is 3.12. The normalized spacial score (nSPS) is 25.3. The number of aliphatic hydroxyl groups is 1. The number of halogens is 1. The van der Waals surface area contributed by atoms with Crippen molar-refractivity contribution in [2.24, 2.45) is 10.6 Å². The van der Waals surface area contributed by atoms with Gasteiger partial charge in [0.2, 0.25) is 5.60 Å². The lowest BCUT2D eigenvalue weighted by molar-refractivity contribution is -0.142. The molecule has 0 saturated heterocycles. The first-order valence-corrected chi connectivity index (χ1v) is 7.87. The second-order valence-electron chi connectivity index (χ2n) is 6.71. The van der Waals surface area contributed by atoms with Crippen molar-refractivity contribution in [3.63, 3.8) is 0 Å². The van der Waals surface area contributed by atoms with Crippen LogP contribution in [0.4, 0.5) is 4.39 Å². The molecule has 1 aromatic carbocycles. The van der Waals surface area contributed by atoms with Crippen molar-refractivity contribution in [2.75, 3.05) is 13.2 Å². The molecule has 5 nitrogen and oxygen atoms in total. The molecular formula is C17H21FN2O3. The van der Waals surface area contributed by atoms with Gasteiger partial charge in [0, 0.05) is 23.9 Å². The number of nitrogens with zero attached hydrogens (tertiary/aromatic N) is 1. The fourth-order valence-corrected chi connectivity index (χ4v) is 3.02. The molecule has 3 rings (SSSR count). The summed E-state index contributed by atoms with van der Waals surface area (Å²) in [4.78, 5) is 17.8. The molecule has 1 saturated carbocycles. The van der Waals surface area contributed by atoms with Gasteiger partial charge in [0.05, 0.1) is 12.3 Å². The first-order valence-electron chi connectivity index (χ1n) is 7.87. The van der Waals surface area contributed by atoms with Crippen LogP contribution in [0, 0.1) is 11.2 Å². The largest absolute Gasteiger partial charge is 0.396 e. The van der Waals surface area contributed by atoms with Gasteiger partial charge in [-0.3, -0.25) is 4.79 Å². The number of nitrogens with one attached hydrogen (secondary N) is 1. The number of benzene rings is 1. The van der Waals surface area contributed by atoms with E-state index in [1.165, 1.54) is 6.07 Å². The fraction of sp³-hybridized carbons (Fsp3) is 0.529. The lowest BCUT2D eigenvalue weighted by atomic mass is 9.69. The van der Waals surface area contributed by atoms with E-state index in [-0.39, 0.29) is 30.2 Å². The molecule has 1 unspecified atom stereocenters. The quantitative estimate of drug-likeness (QED) is 0.871. The number of oxime groups is 1. The standard InChI is InChI=1S/C17H21FN2O3/c1-16(15(22)19-10-17(11-21)7-4-8-17)9-14(20-23-16)12-5-2-3-6-13(12)18/h2-3,5-6,21H,4,7-11H2,1H3,(H,19,22). The van der Waals surface area contributed by atoms with Crippen LogP contribution in [0.2, 0.25) is 0 Å². The Morgan fingerprint density at radius 1 is 1.43 bits per heavy atom. The molecule has 23 heavy (non-hydrogen) atoms. The van der Waals surface area contributed by atoms with E-state index in [1.807, 2.05) is 0 Å². The average Bonchev–Trinajstić information content (AvgIpc) is 2.90. The van der Waals surface area contributed by atoms with Crippen molar-refractivity contribution in [1.29, 1.82) is 0 Å². The molecule has 1 fully saturated rings. The minimum atomic E-state index is -1.14. The van der Waals surface area contributed by atoms with Crippen LogP contribution in [0.3, 0.4) is 0 Å². The highest BCUT2D eigenvalue weighted by Gasteiger charge is 2.44. The number of rotatable bonds is 5. The minimum absolute atomic E-state index is 0.0713. The molecule has 0 bridgehead atoms. The molecule has 2 aliphatic rings. The van der Waals surface area contributed by atoms with Gasteiger partial charge < -0.3 is 15.3 Å². The number of hydrogen-bond acceptors (Lipinski definition) is 4. The Hall–Kier alpha value is -1.95. The molecule has 1 aromatic rings. The van der Waals surface area contributed by atoms with Crippen molar-refractivity contribution in [3.05, 3.63) is 35.6 Å². The van der Waals surface area contributed by atoms with E-state index in [9.17, 15) is 14.3 Å². The van der Waals surface area contributed by atoms with Crippen molar-refractivity contribution >= 4 is 11.6 Å². The van der Waals surface area contributed by atoms with Crippen LogP contribution in [0.1, 0.15) is 38.2 Å². The van der Waals surface area contributed by atoms with Crippen molar-refractivity contribution < 1.29 is 19.1 Å². The van der Waals surface area contributed by atoms with Crippen LogP contribution in [0.25, 0.3) is 0 Å². The van der Waals surface area contributed by atoms with E-state index < -0.39 is 5.60 Å². The van der Waals surface area contributed by atoms with E-state index >= 15 is 0 Å². The maximum absolute atomic E-state index is 13.8. The SMILES string of the molecule is CC1(C(=O)NCC2(CO)CCC2)CC(c2ccccc2F)=NO1. The molecule has 1 aliphatic heterocycles. The molecule has 0 aromatic heterocycles. The van der Waals surface area contributed by atoms with Gasteiger partial charge in [-0.15, -0.1) is 0 Å². The summed E-state index contributed by atoms with van der Waals surface area (Å²) in [5.41, 5.74) is -0.547. The number of hydrogen-bond donors (Lipinski definition) is 2. The van der Waals surface area contributed by atoms with Crippen molar-refractivity contribution in [3.8, 4) is 0 Å². The molecule has 6 heteroatoms. The fourth-order valence-electron chi connectivity index (χ4n) is 3.02. The third-order valence-electron chi connectivity index (χ3n) is 4.90. The maximum Gasteiger partial charge on any atom is 0.267 e. The van der Waals surface area contributed by atoms with E-state index in [2.05, 4.69) is 10.5 Å². The summed E-state index contributed by atoms with van der Waals surface area (Å²) in [7, 11) is 0. The van der Waals surface area contributed by atoms with Gasteiger partial charge >= 0.3 is 0 Å². The summed E-state index contributed by atoms with van der Waals surface area (Å²) in [5, 5.41) is 16.2. The second kappa shape index (κ2) is 5.92. The van der Waals surface area contributed by atoms with Crippen LogP contribution in [-0.4, -0.2) is 35.5 Å². The van der Waals surface area contributed by atoms with Crippen molar-refractivity contribution in [2.45, 2.75) is 38.2 Å². The zero-order chi connectivity index (χ0) is 16.5. The number of carbonyl (C=O) groups is 1. The third kappa shape index (κ3) is 2.95. The molecule has 1 heterocycles. The van der Waals surface area contributed by atoms with Gasteiger partial charge in [-0.25, -0.2) is 4.39 Å². The molecule has 0 spiro atoms. The lowest BCUT2D eigenvalue weighted by Gasteiger charge is -2.40. The van der Waals surface area contributed by atoms with Crippen LogP contribution in [-0.2, 0) is 9.63 Å². The maximum atomic E-state index is 13.8. The van der Waals surface area contributed by atoms with E-state index in [0.717, 1.165) is 19.3 Å². The summed E-state index contributed by atoms with van der Waals surface area (Å²) >= 11 is 0. The van der Waals surface area contributed by atoms with Crippen LogP contribution in [0.15, 0.2) is 29.4 Å². The Bertz CT molecular complexity index is 637. The Kier molecular flexibility index (Phi) is 4.10. The molecule has 0 radical (unpaired) electrons. The van der Waals surface area contributed by atoms with E-state index in [4.69, 9.17) is 4.84 Å². The van der Waals surface area contributed by atoms with Gasteiger partial charge in [-0.1, -0.05) is 29.8 Å². The Morgan fingerprint density at radius 2 is 2.17 bits per heavy atom. The van der Waals surface area contributed by atoms with Gasteiger partial charge in [0.25, 0.3) is 5.91 Å². The Balaban J connectivity index is 1.63. The Labute approximate surface area is 134 Å². The number of amides is 1. The third-order valence-corrected chi connectivity index (χ3v) is 4.90. The monoisotopic (exact) mass is 320 g/mol. The molecule has 1 aliphatic carbocycles. The van der Waals surface area contributed by atoms with Crippen LogP contribution < -0.4 is 5.32 Å². The average molecular weight is 320 g/mol. The molecule has 124 valence electrons. The van der Waals surface area contributed by atoms with Crippen molar-refractivity contribution in [1.82, 2.24) is 5.32 Å². The van der Waals surface area contributed by atoms with Gasteiger partial charge in [0.15, 0.2) is 0 Å². The Morgan fingerprint density at radius 3 is 2.78 bits per heavy atom. The highest BCUT2D eigenvalue weighted by atomic mass is 19.1. The van der Waals surface area contributed by atoms with Gasteiger partial charge in [-0.2, -0.15) is 0 Å². The summed E-state index contributed by atoms with van der Waals surface area (Å²) in [6.45, 7) is 2.14. The highest BCUT2D eigenvalue weighted by Crippen LogP contribution is 2.40. The highest BCUT2D eigenvalue weighted by molar-refractivity contribution is 6.05. The zero-order valence-corrected chi connectivity index (χ0v) is 13.1. The molecule has 1 amide bonds.